The summed E-state index contributed by atoms with van der Waals surface area (Å²) in [4.78, 5) is 12.5. The van der Waals surface area contributed by atoms with Crippen LogP contribution in [0.4, 0.5) is 0 Å². The van der Waals surface area contributed by atoms with Gasteiger partial charge in [0.2, 0.25) is 10.0 Å². The van der Waals surface area contributed by atoms with Crippen LogP contribution in [0, 0.1) is 13.8 Å². The van der Waals surface area contributed by atoms with Gasteiger partial charge in [-0.05, 0) is 75.2 Å². The number of morpholine rings is 1. The van der Waals surface area contributed by atoms with Crippen LogP contribution in [-0.4, -0.2) is 44.0 Å². The molecule has 2 atom stereocenters. The lowest BCUT2D eigenvalue weighted by Gasteiger charge is -2.34. The second kappa shape index (κ2) is 8.03. The highest BCUT2D eigenvalue weighted by Gasteiger charge is 2.32. The van der Waals surface area contributed by atoms with Crippen molar-refractivity contribution in [1.29, 1.82) is 0 Å². The van der Waals surface area contributed by atoms with Gasteiger partial charge in [-0.15, -0.1) is 0 Å². The van der Waals surface area contributed by atoms with E-state index in [1.54, 1.807) is 12.1 Å². The molecule has 6 nitrogen and oxygen atoms in total. The number of benzene rings is 2. The van der Waals surface area contributed by atoms with E-state index in [4.69, 9.17) is 9.47 Å². The molecule has 0 radical (unpaired) electrons. The zero-order chi connectivity index (χ0) is 20.5. The van der Waals surface area contributed by atoms with Crippen LogP contribution in [0.2, 0.25) is 0 Å². The number of carbonyl (C=O) groups excluding carboxylic acids is 1. The lowest BCUT2D eigenvalue weighted by molar-refractivity contribution is -0.0440. The van der Waals surface area contributed by atoms with E-state index in [1.807, 2.05) is 33.8 Å². The van der Waals surface area contributed by atoms with Gasteiger partial charge >= 0.3 is 5.97 Å². The van der Waals surface area contributed by atoms with Gasteiger partial charge < -0.3 is 9.47 Å². The monoisotopic (exact) mass is 403 g/mol. The summed E-state index contributed by atoms with van der Waals surface area (Å²) in [6.07, 6.45) is -0.323. The predicted octanol–water partition coefficient (Wildman–Crippen LogP) is 3.32. The molecule has 1 aliphatic heterocycles. The molecule has 0 spiro atoms. The Morgan fingerprint density at radius 1 is 1.00 bits per heavy atom. The fourth-order valence-corrected chi connectivity index (χ4v) is 4.99. The maximum Gasteiger partial charge on any atom is 0.343 e. The molecule has 3 rings (SSSR count). The van der Waals surface area contributed by atoms with Gasteiger partial charge in [0.1, 0.15) is 5.75 Å². The number of hydrogen-bond acceptors (Lipinski definition) is 5. The van der Waals surface area contributed by atoms with Gasteiger partial charge in [-0.2, -0.15) is 4.31 Å². The van der Waals surface area contributed by atoms with Crippen molar-refractivity contribution in [3.63, 3.8) is 0 Å². The average Bonchev–Trinajstić information content (AvgIpc) is 2.60. The van der Waals surface area contributed by atoms with E-state index in [9.17, 15) is 13.2 Å². The maximum absolute atomic E-state index is 12.9. The molecule has 2 aromatic rings. The Balaban J connectivity index is 1.76. The van der Waals surface area contributed by atoms with E-state index in [-0.39, 0.29) is 17.1 Å². The Labute approximate surface area is 166 Å². The zero-order valence-corrected chi connectivity index (χ0v) is 17.3. The third-order valence-electron chi connectivity index (χ3n) is 4.52. The molecule has 2 aromatic carbocycles. The topological polar surface area (TPSA) is 72.9 Å². The Morgan fingerprint density at radius 2 is 1.54 bits per heavy atom. The number of aryl methyl sites for hydroxylation is 2. The van der Waals surface area contributed by atoms with Crippen LogP contribution in [0.15, 0.2) is 47.4 Å². The first-order valence-corrected chi connectivity index (χ1v) is 10.7. The molecule has 1 aliphatic rings. The molecule has 1 fully saturated rings. The molecule has 0 aromatic heterocycles. The van der Waals surface area contributed by atoms with Crippen molar-refractivity contribution in [3.05, 3.63) is 59.2 Å². The maximum atomic E-state index is 12.9. The molecule has 0 aliphatic carbocycles. The summed E-state index contributed by atoms with van der Waals surface area (Å²) in [5, 5.41) is 0. The highest BCUT2D eigenvalue weighted by atomic mass is 32.2. The normalized spacial score (nSPS) is 20.7. The molecular formula is C21H25NO5S. The van der Waals surface area contributed by atoms with Gasteiger partial charge in [-0.3, -0.25) is 0 Å². The van der Waals surface area contributed by atoms with Crippen molar-refractivity contribution in [2.75, 3.05) is 13.1 Å². The summed E-state index contributed by atoms with van der Waals surface area (Å²) in [5.41, 5.74) is 2.29. The van der Waals surface area contributed by atoms with Crippen molar-refractivity contribution >= 4 is 16.0 Å². The standard InChI is InChI=1S/C21H25NO5S/c1-14-9-15(2)11-19(10-14)27-21(23)18-5-7-20(8-6-18)28(24,25)22-12-16(3)26-17(4)13-22/h5-11,16-17H,12-13H2,1-4H3/t16-,17+. The molecule has 150 valence electrons. The van der Waals surface area contributed by atoms with E-state index < -0.39 is 16.0 Å². The van der Waals surface area contributed by atoms with Crippen molar-refractivity contribution in [1.82, 2.24) is 4.31 Å². The van der Waals surface area contributed by atoms with Crippen LogP contribution >= 0.6 is 0 Å². The minimum atomic E-state index is -3.64. The minimum Gasteiger partial charge on any atom is -0.423 e. The number of esters is 1. The fraction of sp³-hybridized carbons (Fsp3) is 0.381. The number of hydrogen-bond donors (Lipinski definition) is 0. The Bertz CT molecular complexity index is 939. The van der Waals surface area contributed by atoms with E-state index >= 15 is 0 Å². The van der Waals surface area contributed by atoms with Crippen molar-refractivity contribution in [3.8, 4) is 5.75 Å². The number of ether oxygens (including phenoxy) is 2. The summed E-state index contributed by atoms with van der Waals surface area (Å²) in [6.45, 7) is 8.18. The van der Waals surface area contributed by atoms with Crippen LogP contribution in [0.25, 0.3) is 0 Å². The van der Waals surface area contributed by atoms with Crippen molar-refractivity contribution < 1.29 is 22.7 Å². The fourth-order valence-electron chi connectivity index (χ4n) is 3.40. The van der Waals surface area contributed by atoms with Crippen LogP contribution < -0.4 is 4.74 Å². The lowest BCUT2D eigenvalue weighted by atomic mass is 10.1. The van der Waals surface area contributed by atoms with Gasteiger partial charge in [0.05, 0.1) is 22.7 Å². The zero-order valence-electron chi connectivity index (χ0n) is 16.5. The first-order valence-electron chi connectivity index (χ1n) is 9.21. The second-order valence-corrected chi connectivity index (χ2v) is 9.25. The summed E-state index contributed by atoms with van der Waals surface area (Å²) < 4.78 is 38.2. The van der Waals surface area contributed by atoms with E-state index in [2.05, 4.69) is 0 Å². The molecule has 7 heteroatoms. The third kappa shape index (κ3) is 4.60. The molecule has 0 bridgehead atoms. The Morgan fingerprint density at radius 3 is 2.07 bits per heavy atom. The summed E-state index contributed by atoms with van der Waals surface area (Å²) in [6, 6.07) is 11.4. The molecule has 0 N–H and O–H groups in total. The lowest BCUT2D eigenvalue weighted by Crippen LogP contribution is -2.48. The number of sulfonamides is 1. The molecule has 28 heavy (non-hydrogen) atoms. The van der Waals surface area contributed by atoms with E-state index in [0.29, 0.717) is 24.4 Å². The smallest absolute Gasteiger partial charge is 0.343 e. The van der Waals surface area contributed by atoms with Crippen LogP contribution in [0.5, 0.6) is 5.75 Å². The molecule has 0 saturated carbocycles. The third-order valence-corrected chi connectivity index (χ3v) is 6.37. The van der Waals surface area contributed by atoms with Crippen molar-refractivity contribution in [2.24, 2.45) is 0 Å². The number of nitrogens with zero attached hydrogens (tertiary/aromatic N) is 1. The summed E-state index contributed by atoms with van der Waals surface area (Å²) in [7, 11) is -3.64. The number of rotatable bonds is 4. The first-order chi connectivity index (χ1) is 13.1. The highest BCUT2D eigenvalue weighted by molar-refractivity contribution is 7.89. The molecule has 1 saturated heterocycles. The van der Waals surface area contributed by atoms with Crippen LogP contribution in [-0.2, 0) is 14.8 Å². The minimum absolute atomic E-state index is 0.150. The van der Waals surface area contributed by atoms with E-state index in [0.717, 1.165) is 11.1 Å². The average molecular weight is 404 g/mol. The van der Waals surface area contributed by atoms with Gasteiger partial charge in [-0.25, -0.2) is 13.2 Å². The molecule has 0 unspecified atom stereocenters. The van der Waals surface area contributed by atoms with Gasteiger partial charge in [0, 0.05) is 13.1 Å². The van der Waals surface area contributed by atoms with Crippen molar-refractivity contribution in [2.45, 2.75) is 44.8 Å². The second-order valence-electron chi connectivity index (χ2n) is 7.32. The van der Waals surface area contributed by atoms with Gasteiger partial charge in [0.15, 0.2) is 0 Å². The molecule has 1 heterocycles. The van der Waals surface area contributed by atoms with Crippen LogP contribution in [0.1, 0.15) is 35.3 Å². The van der Waals surface area contributed by atoms with E-state index in [1.165, 1.54) is 28.6 Å². The SMILES string of the molecule is Cc1cc(C)cc(OC(=O)c2ccc(S(=O)(=O)N3C[C@@H](C)O[C@@H](C)C3)cc2)c1. The highest BCUT2D eigenvalue weighted by Crippen LogP contribution is 2.22. The molecular weight excluding hydrogens is 378 g/mol. The largest absolute Gasteiger partial charge is 0.423 e. The number of carbonyl (C=O) groups is 1. The predicted molar refractivity (Wildman–Crippen MR) is 106 cm³/mol. The molecule has 0 amide bonds. The van der Waals surface area contributed by atoms with Crippen LogP contribution in [0.3, 0.4) is 0 Å². The van der Waals surface area contributed by atoms with Gasteiger partial charge in [-0.1, -0.05) is 6.07 Å². The van der Waals surface area contributed by atoms with Gasteiger partial charge in [0.25, 0.3) is 0 Å². The Hall–Kier alpha value is -2.22. The quantitative estimate of drug-likeness (QED) is 0.578. The first kappa shape index (κ1) is 20.5. The summed E-state index contributed by atoms with van der Waals surface area (Å²) in [5.74, 6) is -0.0574. The Kier molecular flexibility index (Phi) is 5.88. The summed E-state index contributed by atoms with van der Waals surface area (Å²) >= 11 is 0.